The van der Waals surface area contributed by atoms with Gasteiger partial charge in [0.15, 0.2) is 0 Å². The van der Waals surface area contributed by atoms with E-state index in [0.717, 1.165) is 24.8 Å². The van der Waals surface area contributed by atoms with E-state index in [9.17, 15) is 8.42 Å². The average Bonchev–Trinajstić information content (AvgIpc) is 2.42. The first-order valence-electron chi connectivity index (χ1n) is 7.36. The normalized spacial score (nSPS) is 12.0. The smallest absolute Gasteiger partial charge is 0.240 e. The second-order valence-electron chi connectivity index (χ2n) is 5.24. The Bertz CT molecular complexity index is 542. The maximum absolute atomic E-state index is 12.1. The first-order valence-corrected chi connectivity index (χ1v) is 8.84. The highest BCUT2D eigenvalue weighted by Crippen LogP contribution is 2.18. The van der Waals surface area contributed by atoms with E-state index in [0.29, 0.717) is 18.8 Å². The summed E-state index contributed by atoms with van der Waals surface area (Å²) in [6.45, 7) is 6.99. The number of ether oxygens (including phenoxy) is 1. The maximum Gasteiger partial charge on any atom is 0.240 e. The molecule has 0 amide bonds. The number of aryl methyl sites for hydroxylation is 1. The fraction of sp³-hybridized carbons (Fsp3) is 0.600. The van der Waals surface area contributed by atoms with Crippen LogP contribution in [0.1, 0.15) is 39.2 Å². The molecule has 6 heteroatoms. The molecule has 3 N–H and O–H groups in total. The van der Waals surface area contributed by atoms with Gasteiger partial charge in [0.25, 0.3) is 0 Å². The van der Waals surface area contributed by atoms with Crippen LogP contribution in [0.25, 0.3) is 0 Å². The van der Waals surface area contributed by atoms with E-state index >= 15 is 0 Å². The van der Waals surface area contributed by atoms with Crippen LogP contribution < -0.4 is 10.5 Å². The molecule has 0 saturated carbocycles. The molecule has 0 aliphatic rings. The zero-order valence-corrected chi connectivity index (χ0v) is 13.9. The Morgan fingerprint density at radius 2 is 2.00 bits per heavy atom. The zero-order chi connectivity index (χ0) is 15.9. The second kappa shape index (κ2) is 8.36. The number of unbranched alkanes of at least 4 members (excludes halogenated alkanes) is 1. The van der Waals surface area contributed by atoms with Crippen LogP contribution in [0.5, 0.6) is 0 Å². The maximum atomic E-state index is 12.1. The van der Waals surface area contributed by atoms with E-state index in [1.54, 1.807) is 12.1 Å². The van der Waals surface area contributed by atoms with Gasteiger partial charge in [0.2, 0.25) is 10.0 Å². The van der Waals surface area contributed by atoms with E-state index in [4.69, 9.17) is 10.5 Å². The van der Waals surface area contributed by atoms with Crippen molar-refractivity contribution in [3.8, 4) is 0 Å². The van der Waals surface area contributed by atoms with Crippen molar-refractivity contribution >= 4 is 15.7 Å². The summed E-state index contributed by atoms with van der Waals surface area (Å²) in [5.74, 6) is 0. The van der Waals surface area contributed by atoms with E-state index in [-0.39, 0.29) is 11.0 Å². The lowest BCUT2D eigenvalue weighted by molar-refractivity contribution is 0.0762. The Labute approximate surface area is 127 Å². The molecule has 0 bridgehead atoms. The number of nitrogens with one attached hydrogen (secondary N) is 1. The van der Waals surface area contributed by atoms with Crippen molar-refractivity contribution in [1.29, 1.82) is 0 Å². The molecule has 0 aliphatic carbocycles. The molecule has 0 spiro atoms. The fourth-order valence-corrected chi connectivity index (χ4v) is 3.01. The molecule has 0 fully saturated rings. The van der Waals surface area contributed by atoms with Crippen LogP contribution in [0, 0.1) is 0 Å². The summed E-state index contributed by atoms with van der Waals surface area (Å²) in [5.41, 5.74) is 7.32. The standard InChI is InChI=1S/C15H26N2O3S/c1-4-13-7-8-14(11-15(13)16)21(18,19)17-9-5-6-10-20-12(2)3/h7-8,11-12,17H,4-6,9-10,16H2,1-3H3. The van der Waals surface area contributed by atoms with Gasteiger partial charge in [-0.2, -0.15) is 0 Å². The average molecular weight is 314 g/mol. The number of hydrogen-bond donors (Lipinski definition) is 2. The highest BCUT2D eigenvalue weighted by molar-refractivity contribution is 7.89. The van der Waals surface area contributed by atoms with Gasteiger partial charge in [0.1, 0.15) is 0 Å². The Morgan fingerprint density at radius 1 is 1.29 bits per heavy atom. The molecule has 0 heterocycles. The van der Waals surface area contributed by atoms with Gasteiger partial charge in [-0.15, -0.1) is 0 Å². The summed E-state index contributed by atoms with van der Waals surface area (Å²) in [6, 6.07) is 4.88. The van der Waals surface area contributed by atoms with Crippen LogP contribution in [-0.4, -0.2) is 27.7 Å². The van der Waals surface area contributed by atoms with Gasteiger partial charge < -0.3 is 10.5 Å². The molecular formula is C15H26N2O3S. The summed E-state index contributed by atoms with van der Waals surface area (Å²) in [5, 5.41) is 0. The summed E-state index contributed by atoms with van der Waals surface area (Å²) < 4.78 is 32.2. The highest BCUT2D eigenvalue weighted by atomic mass is 32.2. The van der Waals surface area contributed by atoms with E-state index in [2.05, 4.69) is 4.72 Å². The van der Waals surface area contributed by atoms with Gasteiger partial charge in [0, 0.05) is 18.8 Å². The molecule has 0 radical (unpaired) electrons. The van der Waals surface area contributed by atoms with E-state index < -0.39 is 10.0 Å². The summed E-state index contributed by atoms with van der Waals surface area (Å²) in [7, 11) is -3.48. The molecule has 5 nitrogen and oxygen atoms in total. The summed E-state index contributed by atoms with van der Waals surface area (Å²) in [6.07, 6.45) is 2.57. The van der Waals surface area contributed by atoms with Gasteiger partial charge in [-0.1, -0.05) is 13.0 Å². The molecule has 0 aromatic heterocycles. The molecule has 0 unspecified atom stereocenters. The minimum Gasteiger partial charge on any atom is -0.398 e. The molecule has 1 aromatic carbocycles. The summed E-state index contributed by atoms with van der Waals surface area (Å²) >= 11 is 0. The summed E-state index contributed by atoms with van der Waals surface area (Å²) in [4.78, 5) is 0.218. The van der Waals surface area contributed by atoms with Crippen molar-refractivity contribution in [3.05, 3.63) is 23.8 Å². The molecule has 1 aromatic rings. The van der Waals surface area contributed by atoms with Gasteiger partial charge in [-0.05, 0) is 50.8 Å². The first kappa shape index (κ1) is 17.9. The second-order valence-corrected chi connectivity index (χ2v) is 7.01. The van der Waals surface area contributed by atoms with Crippen molar-refractivity contribution in [3.63, 3.8) is 0 Å². The zero-order valence-electron chi connectivity index (χ0n) is 13.1. The number of rotatable bonds is 9. The van der Waals surface area contributed by atoms with Crippen LogP contribution in [0.15, 0.2) is 23.1 Å². The van der Waals surface area contributed by atoms with Crippen LogP contribution >= 0.6 is 0 Å². The number of nitrogens with two attached hydrogens (primary N) is 1. The molecule has 21 heavy (non-hydrogen) atoms. The lowest BCUT2D eigenvalue weighted by Crippen LogP contribution is -2.25. The lowest BCUT2D eigenvalue weighted by atomic mass is 10.1. The number of sulfonamides is 1. The third-order valence-corrected chi connectivity index (χ3v) is 4.58. The van der Waals surface area contributed by atoms with Crippen molar-refractivity contribution in [2.45, 2.75) is 51.0 Å². The van der Waals surface area contributed by atoms with Crippen molar-refractivity contribution in [2.24, 2.45) is 0 Å². The number of anilines is 1. The Hall–Kier alpha value is -1.11. The minimum absolute atomic E-state index is 0.210. The Balaban J connectivity index is 2.48. The largest absolute Gasteiger partial charge is 0.398 e. The number of hydrogen-bond acceptors (Lipinski definition) is 4. The van der Waals surface area contributed by atoms with Gasteiger partial charge in [-0.25, -0.2) is 13.1 Å². The van der Waals surface area contributed by atoms with Crippen LogP contribution in [-0.2, 0) is 21.2 Å². The SMILES string of the molecule is CCc1ccc(S(=O)(=O)NCCCCOC(C)C)cc1N. The Morgan fingerprint density at radius 3 is 2.57 bits per heavy atom. The quantitative estimate of drug-likeness (QED) is 0.541. The Kier molecular flexibility index (Phi) is 7.14. The van der Waals surface area contributed by atoms with Crippen molar-refractivity contribution in [2.75, 3.05) is 18.9 Å². The van der Waals surface area contributed by atoms with Crippen LogP contribution in [0.3, 0.4) is 0 Å². The van der Waals surface area contributed by atoms with E-state index in [1.807, 2.05) is 20.8 Å². The fourth-order valence-electron chi connectivity index (χ4n) is 1.90. The predicted octanol–water partition coefficient (Wildman–Crippen LogP) is 2.31. The third-order valence-electron chi connectivity index (χ3n) is 3.12. The van der Waals surface area contributed by atoms with Crippen LogP contribution in [0.4, 0.5) is 5.69 Å². The minimum atomic E-state index is -3.48. The number of benzene rings is 1. The highest BCUT2D eigenvalue weighted by Gasteiger charge is 2.14. The monoisotopic (exact) mass is 314 g/mol. The van der Waals surface area contributed by atoms with Crippen LogP contribution in [0.2, 0.25) is 0 Å². The number of nitrogen functional groups attached to an aromatic ring is 1. The molecule has 1 rings (SSSR count). The molecule has 0 atom stereocenters. The van der Waals surface area contributed by atoms with Gasteiger partial charge in [-0.3, -0.25) is 0 Å². The molecule has 0 aliphatic heterocycles. The third kappa shape index (κ3) is 6.03. The van der Waals surface area contributed by atoms with Gasteiger partial charge >= 0.3 is 0 Å². The lowest BCUT2D eigenvalue weighted by Gasteiger charge is -2.10. The van der Waals surface area contributed by atoms with Gasteiger partial charge in [0.05, 0.1) is 11.0 Å². The molecule has 0 saturated heterocycles. The topological polar surface area (TPSA) is 81.4 Å². The predicted molar refractivity (Wildman–Crippen MR) is 85.7 cm³/mol. The first-order chi connectivity index (χ1) is 9.86. The molecular weight excluding hydrogens is 288 g/mol. The van der Waals surface area contributed by atoms with Crippen molar-refractivity contribution in [1.82, 2.24) is 4.72 Å². The van der Waals surface area contributed by atoms with Crippen molar-refractivity contribution < 1.29 is 13.2 Å². The van der Waals surface area contributed by atoms with E-state index in [1.165, 1.54) is 6.07 Å². The molecule has 120 valence electrons.